The lowest BCUT2D eigenvalue weighted by Crippen LogP contribution is -2.48. The maximum absolute atomic E-state index is 11.9. The van der Waals surface area contributed by atoms with Crippen molar-refractivity contribution in [3.63, 3.8) is 0 Å². The Hall–Kier alpha value is -1.62. The van der Waals surface area contributed by atoms with E-state index in [0.717, 1.165) is 31.5 Å². The first kappa shape index (κ1) is 13.8. The average molecular weight is 263 g/mol. The summed E-state index contributed by atoms with van der Waals surface area (Å²) in [5, 5.41) is 12.6. The van der Waals surface area contributed by atoms with Gasteiger partial charge in [0.2, 0.25) is 5.91 Å². The number of hydrogen-bond donors (Lipinski definition) is 2. The van der Waals surface area contributed by atoms with Gasteiger partial charge in [0.15, 0.2) is 0 Å². The van der Waals surface area contributed by atoms with Crippen molar-refractivity contribution in [1.29, 1.82) is 0 Å². The molecule has 0 saturated carbocycles. The highest BCUT2D eigenvalue weighted by atomic mass is 16.3. The molecule has 1 aromatic rings. The van der Waals surface area contributed by atoms with Crippen LogP contribution < -0.4 is 5.32 Å². The molecule has 1 aliphatic rings. The van der Waals surface area contributed by atoms with Crippen molar-refractivity contribution in [3.05, 3.63) is 23.5 Å². The monoisotopic (exact) mass is 263 g/mol. The van der Waals surface area contributed by atoms with Crippen LogP contribution in [0.5, 0.6) is 5.75 Å². The summed E-state index contributed by atoms with van der Waals surface area (Å²) < 4.78 is 0. The summed E-state index contributed by atoms with van der Waals surface area (Å²) in [6.45, 7) is 3.29. The zero-order chi connectivity index (χ0) is 13.8. The fraction of sp³-hybridized carbons (Fsp3) is 0.571. The SMILES string of the molecule is CNC(=O)C1CCCCN1Cc1nc(C)ccc1O. The molecule has 1 fully saturated rings. The van der Waals surface area contributed by atoms with Gasteiger partial charge in [0.25, 0.3) is 0 Å². The molecule has 104 valence electrons. The zero-order valence-corrected chi connectivity index (χ0v) is 11.5. The van der Waals surface area contributed by atoms with Crippen molar-refractivity contribution in [2.45, 2.75) is 38.8 Å². The average Bonchev–Trinajstić information content (AvgIpc) is 2.42. The van der Waals surface area contributed by atoms with Gasteiger partial charge in [-0.15, -0.1) is 0 Å². The number of aromatic nitrogens is 1. The fourth-order valence-electron chi connectivity index (χ4n) is 2.56. The lowest BCUT2D eigenvalue weighted by Gasteiger charge is -2.34. The highest BCUT2D eigenvalue weighted by molar-refractivity contribution is 5.81. The topological polar surface area (TPSA) is 65.5 Å². The number of amides is 1. The summed E-state index contributed by atoms with van der Waals surface area (Å²) in [5.41, 5.74) is 1.53. The third-order valence-corrected chi connectivity index (χ3v) is 3.60. The summed E-state index contributed by atoms with van der Waals surface area (Å²) in [4.78, 5) is 18.3. The maximum atomic E-state index is 11.9. The fourth-order valence-corrected chi connectivity index (χ4v) is 2.56. The van der Waals surface area contributed by atoms with Crippen LogP contribution in [0.25, 0.3) is 0 Å². The molecule has 2 rings (SSSR count). The maximum Gasteiger partial charge on any atom is 0.237 e. The summed E-state index contributed by atoms with van der Waals surface area (Å²) in [6, 6.07) is 3.34. The molecule has 0 aliphatic carbocycles. The molecule has 19 heavy (non-hydrogen) atoms. The van der Waals surface area contributed by atoms with Crippen molar-refractivity contribution < 1.29 is 9.90 Å². The van der Waals surface area contributed by atoms with Gasteiger partial charge in [-0.1, -0.05) is 6.42 Å². The number of likely N-dealkylation sites (N-methyl/N-ethyl adjacent to an activating group) is 1. The van der Waals surface area contributed by atoms with E-state index >= 15 is 0 Å². The summed E-state index contributed by atoms with van der Waals surface area (Å²) in [5.74, 6) is 0.249. The number of nitrogens with one attached hydrogen (secondary N) is 1. The first-order valence-electron chi connectivity index (χ1n) is 6.73. The summed E-state index contributed by atoms with van der Waals surface area (Å²) >= 11 is 0. The van der Waals surface area contributed by atoms with E-state index in [0.29, 0.717) is 12.2 Å². The smallest absolute Gasteiger partial charge is 0.237 e. The molecule has 1 aliphatic heterocycles. The van der Waals surface area contributed by atoms with E-state index in [1.165, 1.54) is 0 Å². The number of aromatic hydroxyl groups is 1. The quantitative estimate of drug-likeness (QED) is 0.860. The van der Waals surface area contributed by atoms with E-state index < -0.39 is 0 Å². The molecule has 1 saturated heterocycles. The first-order valence-corrected chi connectivity index (χ1v) is 6.73. The normalized spacial score (nSPS) is 20.2. The van der Waals surface area contributed by atoms with E-state index in [4.69, 9.17) is 0 Å². The number of rotatable bonds is 3. The lowest BCUT2D eigenvalue weighted by atomic mass is 10.0. The molecular formula is C14H21N3O2. The van der Waals surface area contributed by atoms with Crippen LogP contribution in [0.3, 0.4) is 0 Å². The van der Waals surface area contributed by atoms with Gasteiger partial charge in [-0.25, -0.2) is 0 Å². The molecule has 1 aromatic heterocycles. The standard InChI is InChI=1S/C14H21N3O2/c1-10-6-7-13(18)11(16-10)9-17-8-4-3-5-12(17)14(19)15-2/h6-7,12,18H,3-5,8-9H2,1-2H3,(H,15,19). The third kappa shape index (κ3) is 3.23. The largest absolute Gasteiger partial charge is 0.506 e. The molecule has 1 unspecified atom stereocenters. The zero-order valence-electron chi connectivity index (χ0n) is 11.5. The van der Waals surface area contributed by atoms with Crippen molar-refractivity contribution in [1.82, 2.24) is 15.2 Å². The van der Waals surface area contributed by atoms with Crippen LogP contribution in [-0.2, 0) is 11.3 Å². The number of aryl methyl sites for hydroxylation is 1. The van der Waals surface area contributed by atoms with Gasteiger partial charge >= 0.3 is 0 Å². The van der Waals surface area contributed by atoms with Gasteiger partial charge in [-0.05, 0) is 38.4 Å². The van der Waals surface area contributed by atoms with E-state index in [1.807, 2.05) is 6.92 Å². The van der Waals surface area contributed by atoms with E-state index in [9.17, 15) is 9.90 Å². The first-order chi connectivity index (χ1) is 9.11. The summed E-state index contributed by atoms with van der Waals surface area (Å²) in [7, 11) is 1.66. The Labute approximate surface area is 113 Å². The minimum atomic E-state index is -0.111. The Balaban J connectivity index is 2.15. The van der Waals surface area contributed by atoms with Crippen LogP contribution in [0.2, 0.25) is 0 Å². The van der Waals surface area contributed by atoms with Crippen molar-refractivity contribution in [3.8, 4) is 5.75 Å². The minimum Gasteiger partial charge on any atom is -0.506 e. The number of carbonyl (C=O) groups excluding carboxylic acids is 1. The Bertz CT molecular complexity index is 462. The molecule has 0 bridgehead atoms. The molecule has 5 nitrogen and oxygen atoms in total. The third-order valence-electron chi connectivity index (χ3n) is 3.60. The molecule has 2 N–H and O–H groups in total. The predicted molar refractivity (Wildman–Crippen MR) is 72.8 cm³/mol. The van der Waals surface area contributed by atoms with Crippen LogP contribution in [0, 0.1) is 6.92 Å². The minimum absolute atomic E-state index is 0.0480. The predicted octanol–water partition coefficient (Wildman–Crippen LogP) is 1.20. The molecule has 1 amide bonds. The Morgan fingerprint density at radius 3 is 3.05 bits per heavy atom. The molecular weight excluding hydrogens is 242 g/mol. The van der Waals surface area contributed by atoms with E-state index in [-0.39, 0.29) is 17.7 Å². The summed E-state index contributed by atoms with van der Waals surface area (Å²) in [6.07, 6.45) is 3.02. The molecule has 0 radical (unpaired) electrons. The number of carbonyl (C=O) groups is 1. The molecule has 1 atom stereocenters. The van der Waals surface area contributed by atoms with Crippen LogP contribution in [0.1, 0.15) is 30.7 Å². The van der Waals surface area contributed by atoms with Gasteiger partial charge < -0.3 is 10.4 Å². The number of likely N-dealkylation sites (tertiary alicyclic amines) is 1. The van der Waals surface area contributed by atoms with Gasteiger partial charge in [0, 0.05) is 19.3 Å². The number of nitrogens with zero attached hydrogens (tertiary/aromatic N) is 2. The lowest BCUT2D eigenvalue weighted by molar-refractivity contribution is -0.127. The van der Waals surface area contributed by atoms with Crippen LogP contribution in [0.4, 0.5) is 0 Å². The van der Waals surface area contributed by atoms with Crippen molar-refractivity contribution >= 4 is 5.91 Å². The van der Waals surface area contributed by atoms with E-state index in [2.05, 4.69) is 15.2 Å². The number of hydrogen-bond acceptors (Lipinski definition) is 4. The van der Waals surface area contributed by atoms with Crippen LogP contribution in [0.15, 0.2) is 12.1 Å². The van der Waals surface area contributed by atoms with Crippen molar-refractivity contribution in [2.75, 3.05) is 13.6 Å². The molecule has 0 aromatic carbocycles. The van der Waals surface area contributed by atoms with E-state index in [1.54, 1.807) is 19.2 Å². The van der Waals surface area contributed by atoms with Gasteiger partial charge in [0.05, 0.1) is 11.7 Å². The highest BCUT2D eigenvalue weighted by Gasteiger charge is 2.28. The van der Waals surface area contributed by atoms with Crippen LogP contribution in [-0.4, -0.2) is 40.5 Å². The second-order valence-corrected chi connectivity index (χ2v) is 5.01. The number of pyridine rings is 1. The van der Waals surface area contributed by atoms with Gasteiger partial charge in [-0.2, -0.15) is 0 Å². The van der Waals surface area contributed by atoms with Crippen molar-refractivity contribution in [2.24, 2.45) is 0 Å². The Kier molecular flexibility index (Phi) is 4.37. The number of piperidine rings is 1. The second-order valence-electron chi connectivity index (χ2n) is 5.01. The molecule has 0 spiro atoms. The van der Waals surface area contributed by atoms with Gasteiger partial charge in [-0.3, -0.25) is 14.7 Å². The van der Waals surface area contributed by atoms with Gasteiger partial charge in [0.1, 0.15) is 5.75 Å². The Morgan fingerprint density at radius 2 is 2.32 bits per heavy atom. The van der Waals surface area contributed by atoms with Crippen LogP contribution >= 0.6 is 0 Å². The highest BCUT2D eigenvalue weighted by Crippen LogP contribution is 2.23. The molecule has 5 heteroatoms. The Morgan fingerprint density at radius 1 is 1.53 bits per heavy atom. The second kappa shape index (κ2) is 6.02. The molecule has 2 heterocycles.